The lowest BCUT2D eigenvalue weighted by atomic mass is 10.1. The lowest BCUT2D eigenvalue weighted by molar-refractivity contribution is 0.413. The molecule has 0 saturated carbocycles. The molecule has 1 radical (unpaired) electrons. The molecule has 3 heteroatoms. The summed E-state index contributed by atoms with van der Waals surface area (Å²) in [6, 6.07) is 5.81. The molecule has 0 aliphatic rings. The third-order valence-electron chi connectivity index (χ3n) is 2.20. The average Bonchev–Trinajstić information content (AvgIpc) is 2.30. The molecule has 0 saturated heterocycles. The maximum absolute atomic E-state index is 5.20. The van der Waals surface area contributed by atoms with E-state index >= 15 is 0 Å². The van der Waals surface area contributed by atoms with E-state index in [0.717, 1.165) is 16.8 Å². The third kappa shape index (κ3) is 1.81. The second kappa shape index (κ2) is 4.09. The number of ether oxygens (including phenoxy) is 1. The van der Waals surface area contributed by atoms with Crippen LogP contribution in [-0.4, -0.2) is 17.1 Å². The molecule has 0 aliphatic heterocycles. The van der Waals surface area contributed by atoms with Gasteiger partial charge in [0.25, 0.3) is 0 Å². The monoisotopic (exact) mass is 199 g/mol. The smallest absolute Gasteiger partial charge is 0.156 e. The molecule has 0 fully saturated rings. The summed E-state index contributed by atoms with van der Waals surface area (Å²) in [5.41, 5.74) is 2.94. The van der Waals surface area contributed by atoms with Crippen molar-refractivity contribution in [2.24, 2.45) is 0 Å². The molecule has 0 spiro atoms. The van der Waals surface area contributed by atoms with Gasteiger partial charge in [0.05, 0.1) is 12.8 Å². The fourth-order valence-corrected chi connectivity index (χ4v) is 1.45. The summed E-state index contributed by atoms with van der Waals surface area (Å²) in [5, 5.41) is 0. The molecule has 2 rings (SSSR count). The number of nitrogens with zero attached hydrogens (tertiary/aromatic N) is 2. The Morgan fingerprint density at radius 3 is 2.87 bits per heavy atom. The first-order chi connectivity index (χ1) is 7.33. The van der Waals surface area contributed by atoms with E-state index in [4.69, 9.17) is 4.74 Å². The highest BCUT2D eigenvalue weighted by atomic mass is 16.5. The van der Waals surface area contributed by atoms with Crippen molar-refractivity contribution >= 4 is 0 Å². The van der Waals surface area contributed by atoms with Gasteiger partial charge in [-0.1, -0.05) is 6.07 Å². The van der Waals surface area contributed by atoms with Gasteiger partial charge in [-0.3, -0.25) is 9.97 Å². The van der Waals surface area contributed by atoms with Gasteiger partial charge in [-0.05, 0) is 24.6 Å². The van der Waals surface area contributed by atoms with Crippen LogP contribution in [0.4, 0.5) is 0 Å². The normalized spacial score (nSPS) is 10.0. The van der Waals surface area contributed by atoms with Crippen molar-refractivity contribution < 1.29 is 4.74 Å². The number of aromatic nitrogens is 2. The first kappa shape index (κ1) is 9.65. The minimum Gasteiger partial charge on any atom is -0.494 e. The number of hydrogen-bond donors (Lipinski definition) is 0. The Balaban J connectivity index is 2.59. The molecule has 2 heterocycles. The summed E-state index contributed by atoms with van der Waals surface area (Å²) in [5.74, 6) is 0.624. The third-order valence-corrected chi connectivity index (χ3v) is 2.20. The van der Waals surface area contributed by atoms with Crippen molar-refractivity contribution in [3.05, 3.63) is 42.4 Å². The molecule has 2 aromatic rings. The van der Waals surface area contributed by atoms with Crippen LogP contribution in [0.5, 0.6) is 5.75 Å². The molecule has 15 heavy (non-hydrogen) atoms. The molecule has 0 atom stereocenters. The van der Waals surface area contributed by atoms with Crippen LogP contribution in [0.2, 0.25) is 0 Å². The van der Waals surface area contributed by atoms with Crippen LogP contribution in [0.1, 0.15) is 5.56 Å². The van der Waals surface area contributed by atoms with E-state index in [1.807, 2.05) is 25.1 Å². The van der Waals surface area contributed by atoms with Crippen molar-refractivity contribution in [1.82, 2.24) is 9.97 Å². The van der Waals surface area contributed by atoms with Crippen molar-refractivity contribution in [2.75, 3.05) is 7.11 Å². The van der Waals surface area contributed by atoms with Gasteiger partial charge in [0, 0.05) is 18.0 Å². The minimum atomic E-state index is 0.624. The van der Waals surface area contributed by atoms with Gasteiger partial charge in [-0.15, -0.1) is 0 Å². The molecule has 0 bridgehead atoms. The molecular formula is C12H11N2O. The van der Waals surface area contributed by atoms with Crippen LogP contribution in [0.3, 0.4) is 0 Å². The summed E-state index contributed by atoms with van der Waals surface area (Å²) in [6.45, 7) is 2.02. The number of aryl methyl sites for hydroxylation is 1. The number of hydrogen-bond acceptors (Lipinski definition) is 3. The highest BCUT2D eigenvalue weighted by molar-refractivity contribution is 5.68. The first-order valence-corrected chi connectivity index (χ1v) is 4.65. The number of rotatable bonds is 2. The topological polar surface area (TPSA) is 35.0 Å². The van der Waals surface area contributed by atoms with Crippen LogP contribution in [-0.2, 0) is 0 Å². The maximum atomic E-state index is 5.20. The predicted octanol–water partition coefficient (Wildman–Crippen LogP) is 2.26. The van der Waals surface area contributed by atoms with Crippen molar-refractivity contribution in [2.45, 2.75) is 6.92 Å². The zero-order valence-electron chi connectivity index (χ0n) is 8.69. The zero-order valence-corrected chi connectivity index (χ0v) is 8.69. The van der Waals surface area contributed by atoms with Crippen LogP contribution >= 0.6 is 0 Å². The van der Waals surface area contributed by atoms with Crippen LogP contribution in [0.15, 0.2) is 30.6 Å². The second-order valence-electron chi connectivity index (χ2n) is 3.17. The maximum Gasteiger partial charge on any atom is 0.156 e. The standard InChI is InChI=1S/C12H11N2O/c1-9-4-3-6-14-12(9)10-5-7-13-8-11(10)15-2/h3-7H,1-2H3. The fourth-order valence-electron chi connectivity index (χ4n) is 1.45. The Kier molecular flexibility index (Phi) is 2.63. The van der Waals surface area contributed by atoms with E-state index in [1.165, 1.54) is 0 Å². The van der Waals surface area contributed by atoms with Gasteiger partial charge >= 0.3 is 0 Å². The molecule has 2 aromatic heterocycles. The molecule has 75 valence electrons. The zero-order chi connectivity index (χ0) is 10.7. The van der Waals surface area contributed by atoms with E-state index < -0.39 is 0 Å². The Labute approximate surface area is 88.8 Å². The van der Waals surface area contributed by atoms with E-state index in [-0.39, 0.29) is 0 Å². The van der Waals surface area contributed by atoms with Gasteiger partial charge in [0.1, 0.15) is 6.20 Å². The largest absolute Gasteiger partial charge is 0.494 e. The lowest BCUT2D eigenvalue weighted by Crippen LogP contribution is -1.93. The molecule has 0 amide bonds. The highest BCUT2D eigenvalue weighted by Crippen LogP contribution is 2.28. The van der Waals surface area contributed by atoms with E-state index in [9.17, 15) is 0 Å². The van der Waals surface area contributed by atoms with Gasteiger partial charge < -0.3 is 4.74 Å². The molecule has 3 nitrogen and oxygen atoms in total. The van der Waals surface area contributed by atoms with Crippen molar-refractivity contribution in [3.63, 3.8) is 0 Å². The summed E-state index contributed by atoms with van der Waals surface area (Å²) in [4.78, 5) is 8.22. The van der Waals surface area contributed by atoms with Crippen molar-refractivity contribution in [1.29, 1.82) is 0 Å². The van der Waals surface area contributed by atoms with Crippen LogP contribution in [0.25, 0.3) is 11.3 Å². The number of methoxy groups -OCH3 is 1. The quantitative estimate of drug-likeness (QED) is 0.744. The molecule has 0 aromatic carbocycles. The Morgan fingerprint density at radius 2 is 2.13 bits per heavy atom. The predicted molar refractivity (Wildman–Crippen MR) is 57.6 cm³/mol. The van der Waals surface area contributed by atoms with Gasteiger partial charge in [0.15, 0.2) is 5.75 Å². The van der Waals surface area contributed by atoms with Gasteiger partial charge in [0.2, 0.25) is 0 Å². The fraction of sp³-hybridized carbons (Fsp3) is 0.167. The van der Waals surface area contributed by atoms with Crippen LogP contribution < -0.4 is 4.74 Å². The molecule has 0 aliphatic carbocycles. The second-order valence-corrected chi connectivity index (χ2v) is 3.17. The molecule has 0 N–H and O–H groups in total. The van der Waals surface area contributed by atoms with Gasteiger partial charge in [-0.25, -0.2) is 0 Å². The minimum absolute atomic E-state index is 0.624. The van der Waals surface area contributed by atoms with Crippen LogP contribution in [0, 0.1) is 13.1 Å². The highest BCUT2D eigenvalue weighted by Gasteiger charge is 2.08. The summed E-state index contributed by atoms with van der Waals surface area (Å²) < 4.78 is 5.20. The first-order valence-electron chi connectivity index (χ1n) is 4.65. The van der Waals surface area contributed by atoms with Crippen molar-refractivity contribution in [3.8, 4) is 17.0 Å². The Bertz CT molecular complexity index is 469. The summed E-state index contributed by atoms with van der Waals surface area (Å²) >= 11 is 0. The average molecular weight is 199 g/mol. The Morgan fingerprint density at radius 1 is 1.27 bits per heavy atom. The number of pyridine rings is 2. The SMILES string of the molecule is COc1[c]nccc1-c1ncccc1C. The summed E-state index contributed by atoms with van der Waals surface area (Å²) in [7, 11) is 1.61. The van der Waals surface area contributed by atoms with E-state index in [1.54, 1.807) is 19.5 Å². The summed E-state index contributed by atoms with van der Waals surface area (Å²) in [6.07, 6.45) is 6.25. The van der Waals surface area contributed by atoms with E-state index in [0.29, 0.717) is 5.75 Å². The Hall–Kier alpha value is -1.90. The van der Waals surface area contributed by atoms with Gasteiger partial charge in [-0.2, -0.15) is 0 Å². The lowest BCUT2D eigenvalue weighted by Gasteiger charge is -2.08. The van der Waals surface area contributed by atoms with E-state index in [2.05, 4.69) is 16.2 Å². The molecular weight excluding hydrogens is 188 g/mol. The molecule has 0 unspecified atom stereocenters.